The van der Waals surface area contributed by atoms with Crippen LogP contribution < -0.4 is 10.6 Å². The molecule has 3 atom stereocenters. The van der Waals surface area contributed by atoms with E-state index in [9.17, 15) is 4.79 Å². The van der Waals surface area contributed by atoms with Crippen molar-refractivity contribution in [3.63, 3.8) is 0 Å². The minimum absolute atomic E-state index is 0.195. The number of nitrogens with one attached hydrogen (secondary N) is 2. The molecular formula is C19H33N3OS. The highest BCUT2D eigenvalue weighted by molar-refractivity contribution is 7.07. The first-order valence-corrected chi connectivity index (χ1v) is 10.3. The molecule has 0 spiro atoms. The lowest BCUT2D eigenvalue weighted by molar-refractivity contribution is -0.122. The first-order valence-electron chi connectivity index (χ1n) is 9.39. The van der Waals surface area contributed by atoms with Crippen molar-refractivity contribution in [2.24, 2.45) is 11.8 Å². The van der Waals surface area contributed by atoms with Crippen molar-refractivity contribution in [2.75, 3.05) is 32.7 Å². The Morgan fingerprint density at radius 3 is 2.83 bits per heavy atom. The Labute approximate surface area is 151 Å². The quantitative estimate of drug-likeness (QED) is 0.718. The fraction of sp³-hybridized carbons (Fsp3) is 0.737. The van der Waals surface area contributed by atoms with Gasteiger partial charge in [-0.3, -0.25) is 9.69 Å². The van der Waals surface area contributed by atoms with Gasteiger partial charge in [0.05, 0.1) is 6.04 Å². The Kier molecular flexibility index (Phi) is 8.22. The Hall–Kier alpha value is -0.910. The van der Waals surface area contributed by atoms with Gasteiger partial charge in [0, 0.05) is 13.0 Å². The van der Waals surface area contributed by atoms with Crippen molar-refractivity contribution < 1.29 is 4.79 Å². The highest BCUT2D eigenvalue weighted by Crippen LogP contribution is 2.24. The molecule has 2 rings (SSSR count). The summed E-state index contributed by atoms with van der Waals surface area (Å²) in [7, 11) is 0. The summed E-state index contributed by atoms with van der Waals surface area (Å²) in [6.07, 6.45) is 3.12. The first kappa shape index (κ1) is 19.4. The second-order valence-electron chi connectivity index (χ2n) is 6.89. The highest BCUT2D eigenvalue weighted by atomic mass is 32.1. The van der Waals surface area contributed by atoms with Gasteiger partial charge in [0.15, 0.2) is 0 Å². The molecule has 0 aromatic carbocycles. The second kappa shape index (κ2) is 10.2. The number of thiophene rings is 1. The number of carbonyl (C=O) groups is 1. The highest BCUT2D eigenvalue weighted by Gasteiger charge is 2.23. The number of carbonyl (C=O) groups excluding carboxylic acids is 1. The zero-order valence-electron chi connectivity index (χ0n) is 15.4. The fourth-order valence-corrected chi connectivity index (χ4v) is 4.40. The third-order valence-electron chi connectivity index (χ3n) is 5.32. The Bertz CT molecular complexity index is 467. The molecular weight excluding hydrogens is 318 g/mol. The molecule has 2 heterocycles. The minimum Gasteiger partial charge on any atom is -0.354 e. The van der Waals surface area contributed by atoms with Crippen molar-refractivity contribution >= 4 is 17.2 Å². The van der Waals surface area contributed by atoms with Gasteiger partial charge in [0.25, 0.3) is 0 Å². The van der Waals surface area contributed by atoms with Crippen LogP contribution in [0.4, 0.5) is 0 Å². The van der Waals surface area contributed by atoms with E-state index in [4.69, 9.17) is 0 Å². The van der Waals surface area contributed by atoms with E-state index in [1.54, 1.807) is 11.3 Å². The molecule has 0 saturated carbocycles. The van der Waals surface area contributed by atoms with Crippen LogP contribution in [0.3, 0.4) is 0 Å². The summed E-state index contributed by atoms with van der Waals surface area (Å²) in [5, 5.41) is 11.0. The van der Waals surface area contributed by atoms with E-state index >= 15 is 0 Å². The minimum atomic E-state index is 0.195. The van der Waals surface area contributed by atoms with Crippen molar-refractivity contribution in [1.29, 1.82) is 0 Å². The summed E-state index contributed by atoms with van der Waals surface area (Å²) in [6, 6.07) is 2.46. The number of amides is 1. The molecule has 2 N–H and O–H groups in total. The molecule has 1 fully saturated rings. The van der Waals surface area contributed by atoms with Crippen LogP contribution in [0.25, 0.3) is 0 Å². The fourth-order valence-electron chi connectivity index (χ4n) is 3.69. The van der Waals surface area contributed by atoms with Crippen LogP contribution in [-0.2, 0) is 4.79 Å². The van der Waals surface area contributed by atoms with E-state index in [-0.39, 0.29) is 11.9 Å². The number of likely N-dealkylation sites (N-methyl/N-ethyl adjacent to an activating group) is 1. The first-order chi connectivity index (χ1) is 11.7. The van der Waals surface area contributed by atoms with E-state index < -0.39 is 0 Å². The van der Waals surface area contributed by atoms with Crippen LogP contribution in [0, 0.1) is 11.8 Å². The monoisotopic (exact) mass is 351 g/mol. The van der Waals surface area contributed by atoms with E-state index in [0.29, 0.717) is 24.8 Å². The van der Waals surface area contributed by atoms with Gasteiger partial charge in [-0.15, -0.1) is 0 Å². The molecule has 1 aliphatic heterocycles. The van der Waals surface area contributed by atoms with Crippen LogP contribution in [0.1, 0.15) is 51.6 Å². The smallest absolute Gasteiger partial charge is 0.220 e. The molecule has 1 aromatic heterocycles. The van der Waals surface area contributed by atoms with E-state index in [1.165, 1.54) is 18.4 Å². The molecule has 136 valence electrons. The molecule has 1 amide bonds. The number of rotatable bonds is 9. The summed E-state index contributed by atoms with van der Waals surface area (Å²) in [5.74, 6) is 1.28. The van der Waals surface area contributed by atoms with E-state index in [2.05, 4.69) is 53.1 Å². The van der Waals surface area contributed by atoms with E-state index in [0.717, 1.165) is 26.2 Å². The largest absolute Gasteiger partial charge is 0.354 e. The number of piperidine rings is 1. The van der Waals surface area contributed by atoms with E-state index in [1.807, 2.05) is 0 Å². The standard InChI is InChI=1S/C19H33N3OS/c1-4-22(5-2)18(17-8-10-24-14-17)13-21-19(23)11-15(3)16-7-6-9-20-12-16/h8,10,14-16,18,20H,4-7,9,11-13H2,1-3H3,(H,21,23). The van der Waals surface area contributed by atoms with Gasteiger partial charge < -0.3 is 10.6 Å². The summed E-state index contributed by atoms with van der Waals surface area (Å²) < 4.78 is 0. The van der Waals surface area contributed by atoms with Gasteiger partial charge in [-0.05, 0) is 73.2 Å². The van der Waals surface area contributed by atoms with Crippen LogP contribution in [0.15, 0.2) is 16.8 Å². The van der Waals surface area contributed by atoms with Crippen LogP contribution in [-0.4, -0.2) is 43.5 Å². The third-order valence-corrected chi connectivity index (χ3v) is 6.02. The van der Waals surface area contributed by atoms with Gasteiger partial charge in [0.1, 0.15) is 0 Å². The predicted molar refractivity (Wildman–Crippen MR) is 102 cm³/mol. The maximum Gasteiger partial charge on any atom is 0.220 e. The number of nitrogens with zero attached hydrogens (tertiary/aromatic N) is 1. The normalized spacial score (nSPS) is 20.8. The van der Waals surface area contributed by atoms with Crippen molar-refractivity contribution in [3.05, 3.63) is 22.4 Å². The average Bonchev–Trinajstić information content (AvgIpc) is 3.13. The molecule has 1 aromatic rings. The van der Waals surface area contributed by atoms with Gasteiger partial charge in [-0.1, -0.05) is 20.8 Å². The van der Waals surface area contributed by atoms with Crippen molar-refractivity contribution in [1.82, 2.24) is 15.5 Å². The zero-order chi connectivity index (χ0) is 17.4. The summed E-state index contributed by atoms with van der Waals surface area (Å²) in [4.78, 5) is 14.8. The zero-order valence-corrected chi connectivity index (χ0v) is 16.2. The van der Waals surface area contributed by atoms with Gasteiger partial charge in [-0.25, -0.2) is 0 Å². The maximum atomic E-state index is 12.4. The third kappa shape index (κ3) is 5.57. The van der Waals surface area contributed by atoms with Crippen LogP contribution in [0.5, 0.6) is 0 Å². The molecule has 24 heavy (non-hydrogen) atoms. The van der Waals surface area contributed by atoms with Crippen molar-refractivity contribution in [3.8, 4) is 0 Å². The molecule has 4 nitrogen and oxygen atoms in total. The Morgan fingerprint density at radius 1 is 1.46 bits per heavy atom. The van der Waals surface area contributed by atoms with Crippen molar-refractivity contribution in [2.45, 2.75) is 46.1 Å². The SMILES string of the molecule is CCN(CC)C(CNC(=O)CC(C)C1CCCNC1)c1ccsc1. The van der Waals surface area contributed by atoms with Gasteiger partial charge >= 0.3 is 0 Å². The average molecular weight is 352 g/mol. The lowest BCUT2D eigenvalue weighted by Crippen LogP contribution is -2.39. The van der Waals surface area contributed by atoms with Gasteiger partial charge in [0.2, 0.25) is 5.91 Å². The summed E-state index contributed by atoms with van der Waals surface area (Å²) in [6.45, 7) is 11.5. The molecule has 1 saturated heterocycles. The topological polar surface area (TPSA) is 44.4 Å². The number of hydrogen-bond acceptors (Lipinski definition) is 4. The van der Waals surface area contributed by atoms with Crippen LogP contribution >= 0.6 is 11.3 Å². The Morgan fingerprint density at radius 2 is 2.25 bits per heavy atom. The molecule has 5 heteroatoms. The maximum absolute atomic E-state index is 12.4. The summed E-state index contributed by atoms with van der Waals surface area (Å²) in [5.41, 5.74) is 1.31. The molecule has 0 radical (unpaired) electrons. The number of hydrogen-bond donors (Lipinski definition) is 2. The second-order valence-corrected chi connectivity index (χ2v) is 7.67. The molecule has 0 aliphatic carbocycles. The predicted octanol–water partition coefficient (Wildman–Crippen LogP) is 3.27. The molecule has 1 aliphatic rings. The lowest BCUT2D eigenvalue weighted by atomic mass is 9.85. The van der Waals surface area contributed by atoms with Gasteiger partial charge in [-0.2, -0.15) is 11.3 Å². The molecule has 0 bridgehead atoms. The molecule has 3 unspecified atom stereocenters. The lowest BCUT2D eigenvalue weighted by Gasteiger charge is -2.30. The summed E-state index contributed by atoms with van der Waals surface area (Å²) >= 11 is 1.72. The Balaban J connectivity index is 1.85. The van der Waals surface area contributed by atoms with Crippen LogP contribution in [0.2, 0.25) is 0 Å².